The lowest BCUT2D eigenvalue weighted by Crippen LogP contribution is -2.46. The van der Waals surface area contributed by atoms with E-state index in [1.54, 1.807) is 0 Å². The predicted octanol–water partition coefficient (Wildman–Crippen LogP) is 1.75. The first kappa shape index (κ1) is 12.3. The molecule has 1 aliphatic rings. The molecule has 0 aromatic rings. The molecule has 6 heteroatoms. The topological polar surface area (TPSA) is 52.3 Å². The fraction of sp³-hybridized carbons (Fsp3) is 0.889. The van der Waals surface area contributed by atoms with E-state index in [-0.39, 0.29) is 6.10 Å². The third-order valence-electron chi connectivity index (χ3n) is 2.44. The molecule has 0 unspecified atom stereocenters. The SMILES string of the molecule is N[C@H](C(=O)OC1CCCCC1)C(F)(F)F. The van der Waals surface area contributed by atoms with Crippen molar-refractivity contribution in [2.45, 2.75) is 50.4 Å². The van der Waals surface area contributed by atoms with Crippen LogP contribution in [-0.2, 0) is 9.53 Å². The molecule has 15 heavy (non-hydrogen) atoms. The fourth-order valence-electron chi connectivity index (χ4n) is 1.55. The Morgan fingerprint density at radius 2 is 1.80 bits per heavy atom. The molecule has 1 rings (SSSR count). The van der Waals surface area contributed by atoms with Crippen LogP contribution in [0, 0.1) is 0 Å². The van der Waals surface area contributed by atoms with Crippen LogP contribution in [0.25, 0.3) is 0 Å². The van der Waals surface area contributed by atoms with Crippen LogP contribution in [0.15, 0.2) is 0 Å². The molecule has 1 aliphatic carbocycles. The summed E-state index contributed by atoms with van der Waals surface area (Å²) in [7, 11) is 0. The maximum Gasteiger partial charge on any atom is 0.414 e. The van der Waals surface area contributed by atoms with Gasteiger partial charge in [0.15, 0.2) is 6.04 Å². The van der Waals surface area contributed by atoms with Gasteiger partial charge in [-0.25, -0.2) is 4.79 Å². The van der Waals surface area contributed by atoms with Crippen LogP contribution < -0.4 is 5.73 Å². The van der Waals surface area contributed by atoms with E-state index in [0.717, 1.165) is 19.3 Å². The summed E-state index contributed by atoms with van der Waals surface area (Å²) in [4.78, 5) is 11.0. The van der Waals surface area contributed by atoms with Crippen molar-refractivity contribution in [3.63, 3.8) is 0 Å². The summed E-state index contributed by atoms with van der Waals surface area (Å²) in [6, 6.07) is -2.51. The van der Waals surface area contributed by atoms with Crippen molar-refractivity contribution in [3.05, 3.63) is 0 Å². The maximum absolute atomic E-state index is 12.0. The van der Waals surface area contributed by atoms with Gasteiger partial charge in [0.1, 0.15) is 6.10 Å². The Kier molecular flexibility index (Phi) is 3.96. The van der Waals surface area contributed by atoms with Gasteiger partial charge in [-0.15, -0.1) is 0 Å². The number of halogens is 3. The first-order valence-electron chi connectivity index (χ1n) is 4.94. The van der Waals surface area contributed by atoms with Gasteiger partial charge in [0, 0.05) is 0 Å². The normalized spacial score (nSPS) is 21.1. The molecule has 0 aromatic carbocycles. The summed E-state index contributed by atoms with van der Waals surface area (Å²) >= 11 is 0. The molecule has 2 N–H and O–H groups in total. The minimum absolute atomic E-state index is 0.389. The maximum atomic E-state index is 12.0. The number of nitrogens with two attached hydrogens (primary N) is 1. The fourth-order valence-corrected chi connectivity index (χ4v) is 1.55. The molecule has 0 spiro atoms. The minimum atomic E-state index is -4.72. The molecule has 0 heterocycles. The van der Waals surface area contributed by atoms with Crippen LogP contribution >= 0.6 is 0 Å². The zero-order chi connectivity index (χ0) is 11.5. The van der Waals surface area contributed by atoms with Gasteiger partial charge in [-0.05, 0) is 25.7 Å². The number of esters is 1. The van der Waals surface area contributed by atoms with E-state index < -0.39 is 18.2 Å². The third kappa shape index (κ3) is 3.70. The van der Waals surface area contributed by atoms with Crippen LogP contribution in [0.4, 0.5) is 13.2 Å². The zero-order valence-corrected chi connectivity index (χ0v) is 8.22. The predicted molar refractivity (Wildman–Crippen MR) is 47.0 cm³/mol. The van der Waals surface area contributed by atoms with Crippen molar-refractivity contribution >= 4 is 5.97 Å². The minimum Gasteiger partial charge on any atom is -0.461 e. The largest absolute Gasteiger partial charge is 0.461 e. The van der Waals surface area contributed by atoms with Crippen LogP contribution in [0.2, 0.25) is 0 Å². The highest BCUT2D eigenvalue weighted by molar-refractivity contribution is 5.76. The molecule has 1 saturated carbocycles. The van der Waals surface area contributed by atoms with Crippen molar-refractivity contribution in [1.82, 2.24) is 0 Å². The average Bonchev–Trinajstić information content (AvgIpc) is 2.16. The third-order valence-corrected chi connectivity index (χ3v) is 2.44. The Morgan fingerprint density at radius 1 is 1.27 bits per heavy atom. The highest BCUT2D eigenvalue weighted by atomic mass is 19.4. The summed E-state index contributed by atoms with van der Waals surface area (Å²) in [5.41, 5.74) is 4.71. The first-order valence-corrected chi connectivity index (χ1v) is 4.94. The molecule has 0 amide bonds. The van der Waals surface area contributed by atoms with E-state index in [2.05, 4.69) is 0 Å². The molecule has 0 radical (unpaired) electrons. The molecule has 3 nitrogen and oxygen atoms in total. The number of carbonyl (C=O) groups is 1. The summed E-state index contributed by atoms with van der Waals surface area (Å²) in [6.07, 6.45) is -1.02. The highest BCUT2D eigenvalue weighted by Crippen LogP contribution is 2.23. The van der Waals surface area contributed by atoms with Gasteiger partial charge in [-0.1, -0.05) is 6.42 Å². The lowest BCUT2D eigenvalue weighted by Gasteiger charge is -2.24. The van der Waals surface area contributed by atoms with E-state index in [4.69, 9.17) is 10.5 Å². The van der Waals surface area contributed by atoms with Crippen LogP contribution in [0.3, 0.4) is 0 Å². The van der Waals surface area contributed by atoms with Crippen LogP contribution in [-0.4, -0.2) is 24.3 Å². The molecule has 0 saturated heterocycles. The smallest absolute Gasteiger partial charge is 0.414 e. The Labute approximate surface area is 85.8 Å². The summed E-state index contributed by atoms with van der Waals surface area (Å²) < 4.78 is 40.8. The summed E-state index contributed by atoms with van der Waals surface area (Å²) in [5, 5.41) is 0. The van der Waals surface area contributed by atoms with E-state index in [1.807, 2.05) is 0 Å². The van der Waals surface area contributed by atoms with Crippen molar-refractivity contribution in [1.29, 1.82) is 0 Å². The van der Waals surface area contributed by atoms with E-state index in [1.165, 1.54) is 0 Å². The van der Waals surface area contributed by atoms with Crippen molar-refractivity contribution in [2.24, 2.45) is 5.73 Å². The van der Waals surface area contributed by atoms with E-state index in [9.17, 15) is 18.0 Å². The van der Waals surface area contributed by atoms with Gasteiger partial charge >= 0.3 is 12.1 Å². The molecule has 1 atom stereocenters. The van der Waals surface area contributed by atoms with Crippen LogP contribution in [0.1, 0.15) is 32.1 Å². The average molecular weight is 225 g/mol. The standard InChI is InChI=1S/C9H14F3NO2/c10-9(11,12)7(13)8(14)15-6-4-2-1-3-5-6/h6-7H,1-5,13H2/t7-/m1/s1. The van der Waals surface area contributed by atoms with Crippen molar-refractivity contribution < 1.29 is 22.7 Å². The van der Waals surface area contributed by atoms with E-state index in [0.29, 0.717) is 12.8 Å². The Bertz CT molecular complexity index is 224. The van der Waals surface area contributed by atoms with Gasteiger partial charge in [0.05, 0.1) is 0 Å². The molecular formula is C9H14F3NO2. The lowest BCUT2D eigenvalue weighted by molar-refractivity contribution is -0.184. The Hall–Kier alpha value is -0.780. The number of hydrogen-bond donors (Lipinski definition) is 1. The number of hydrogen-bond acceptors (Lipinski definition) is 3. The van der Waals surface area contributed by atoms with Gasteiger partial charge in [0.2, 0.25) is 0 Å². The molecule has 1 fully saturated rings. The van der Waals surface area contributed by atoms with Gasteiger partial charge in [-0.3, -0.25) is 0 Å². The van der Waals surface area contributed by atoms with Gasteiger partial charge in [0.25, 0.3) is 0 Å². The second kappa shape index (κ2) is 4.83. The summed E-state index contributed by atoms with van der Waals surface area (Å²) in [5.74, 6) is -1.37. The zero-order valence-electron chi connectivity index (χ0n) is 8.22. The molecule has 0 aliphatic heterocycles. The molecule has 0 bridgehead atoms. The second-order valence-electron chi connectivity index (χ2n) is 3.72. The Morgan fingerprint density at radius 3 is 2.27 bits per heavy atom. The quantitative estimate of drug-likeness (QED) is 0.728. The second-order valence-corrected chi connectivity index (χ2v) is 3.72. The number of alkyl halides is 3. The number of carbonyl (C=O) groups excluding carboxylic acids is 1. The molecular weight excluding hydrogens is 211 g/mol. The lowest BCUT2D eigenvalue weighted by atomic mass is 9.98. The van der Waals surface area contributed by atoms with Crippen LogP contribution in [0.5, 0.6) is 0 Å². The van der Waals surface area contributed by atoms with Gasteiger partial charge in [-0.2, -0.15) is 13.2 Å². The number of rotatable bonds is 2. The highest BCUT2D eigenvalue weighted by Gasteiger charge is 2.43. The Balaban J connectivity index is 2.40. The van der Waals surface area contributed by atoms with Crippen molar-refractivity contribution in [2.75, 3.05) is 0 Å². The molecule has 88 valence electrons. The number of ether oxygens (including phenoxy) is 1. The first-order chi connectivity index (χ1) is 6.91. The summed E-state index contributed by atoms with van der Waals surface area (Å²) in [6.45, 7) is 0. The van der Waals surface area contributed by atoms with Crippen molar-refractivity contribution in [3.8, 4) is 0 Å². The van der Waals surface area contributed by atoms with Gasteiger partial charge < -0.3 is 10.5 Å². The monoisotopic (exact) mass is 225 g/mol. The van der Waals surface area contributed by atoms with E-state index >= 15 is 0 Å². The molecule has 0 aromatic heterocycles.